The SMILES string of the molecule is CC(C)CC(N)C(=O)NC(Cc1c[nH]c2ccccc12)C(=O)NC(C)C(=O)NC(CC(N)=O)C(=O)O. The number of hydrogen-bond acceptors (Lipinski definition) is 6. The van der Waals surface area contributed by atoms with Gasteiger partial charge in [-0.3, -0.25) is 19.2 Å². The maximum atomic E-state index is 13.2. The van der Waals surface area contributed by atoms with Crippen molar-refractivity contribution in [3.63, 3.8) is 0 Å². The summed E-state index contributed by atoms with van der Waals surface area (Å²) in [6.45, 7) is 5.20. The van der Waals surface area contributed by atoms with Crippen molar-refractivity contribution >= 4 is 40.5 Å². The fourth-order valence-corrected chi connectivity index (χ4v) is 3.70. The normalized spacial score (nSPS) is 14.5. The second kappa shape index (κ2) is 12.7. The fraction of sp³-hybridized carbons (Fsp3) is 0.458. The van der Waals surface area contributed by atoms with Crippen LogP contribution in [0.15, 0.2) is 30.5 Å². The van der Waals surface area contributed by atoms with Gasteiger partial charge in [0.05, 0.1) is 12.5 Å². The van der Waals surface area contributed by atoms with E-state index in [1.54, 1.807) is 6.20 Å². The molecule has 4 unspecified atom stereocenters. The van der Waals surface area contributed by atoms with E-state index in [-0.39, 0.29) is 12.3 Å². The third kappa shape index (κ3) is 8.08. The molecule has 9 N–H and O–H groups in total. The van der Waals surface area contributed by atoms with Crippen LogP contribution in [0.5, 0.6) is 0 Å². The Morgan fingerprint density at radius 2 is 1.58 bits per heavy atom. The number of carbonyl (C=O) groups is 5. The number of amides is 4. The predicted octanol–water partition coefficient (Wildman–Crippen LogP) is -0.482. The standard InChI is InChI=1S/C24H34N6O6/c1-12(2)8-16(25)22(33)29-18(9-14-11-27-17-7-5-4-6-15(14)17)23(34)28-13(3)21(32)30-19(24(35)36)10-20(26)31/h4-7,11-13,16,18-19,27H,8-10,25H2,1-3H3,(H2,26,31)(H,28,34)(H,29,33)(H,30,32)(H,35,36). The van der Waals surface area contributed by atoms with E-state index in [1.807, 2.05) is 38.1 Å². The van der Waals surface area contributed by atoms with Crippen molar-refractivity contribution in [2.75, 3.05) is 0 Å². The summed E-state index contributed by atoms with van der Waals surface area (Å²) in [6, 6.07) is 2.88. The zero-order valence-corrected chi connectivity index (χ0v) is 20.5. The number of benzene rings is 1. The molecule has 0 aliphatic heterocycles. The lowest BCUT2D eigenvalue weighted by Crippen LogP contribution is -2.57. The first-order chi connectivity index (χ1) is 16.9. The lowest BCUT2D eigenvalue weighted by atomic mass is 10.0. The van der Waals surface area contributed by atoms with Crippen LogP contribution in [0.25, 0.3) is 10.9 Å². The topological polar surface area (TPSA) is 209 Å². The first-order valence-electron chi connectivity index (χ1n) is 11.6. The number of H-pyrrole nitrogens is 1. The van der Waals surface area contributed by atoms with E-state index in [0.717, 1.165) is 16.5 Å². The number of aliphatic carboxylic acids is 1. The Hall–Kier alpha value is -3.93. The number of carboxylic acid groups (broad SMARTS) is 1. The zero-order chi connectivity index (χ0) is 27.0. The molecule has 0 aliphatic rings. The quantitative estimate of drug-likeness (QED) is 0.191. The average molecular weight is 503 g/mol. The molecule has 4 atom stereocenters. The van der Waals surface area contributed by atoms with Crippen LogP contribution >= 0.6 is 0 Å². The van der Waals surface area contributed by atoms with Gasteiger partial charge in [0.2, 0.25) is 23.6 Å². The van der Waals surface area contributed by atoms with Crippen LogP contribution in [-0.4, -0.2) is 63.9 Å². The average Bonchev–Trinajstić information content (AvgIpc) is 3.19. The lowest BCUT2D eigenvalue weighted by Gasteiger charge is -2.24. The molecule has 0 fully saturated rings. The molecule has 1 aromatic carbocycles. The van der Waals surface area contributed by atoms with Crippen LogP contribution in [0, 0.1) is 5.92 Å². The van der Waals surface area contributed by atoms with E-state index in [2.05, 4.69) is 20.9 Å². The molecular formula is C24H34N6O6. The van der Waals surface area contributed by atoms with Gasteiger partial charge >= 0.3 is 5.97 Å². The molecule has 1 aromatic heterocycles. The highest BCUT2D eigenvalue weighted by molar-refractivity contribution is 5.95. The van der Waals surface area contributed by atoms with Crippen LogP contribution in [-0.2, 0) is 30.4 Å². The van der Waals surface area contributed by atoms with E-state index < -0.39 is 60.2 Å². The van der Waals surface area contributed by atoms with E-state index in [9.17, 15) is 29.1 Å². The third-order valence-corrected chi connectivity index (χ3v) is 5.57. The molecule has 2 rings (SSSR count). The van der Waals surface area contributed by atoms with E-state index in [4.69, 9.17) is 11.5 Å². The minimum atomic E-state index is -1.54. The number of rotatable bonds is 13. The molecule has 196 valence electrons. The minimum Gasteiger partial charge on any atom is -0.480 e. The second-order valence-electron chi connectivity index (χ2n) is 9.16. The van der Waals surface area contributed by atoms with Crippen LogP contribution in [0.1, 0.15) is 39.2 Å². The Labute approximate surface area is 208 Å². The van der Waals surface area contributed by atoms with Crippen LogP contribution in [0.2, 0.25) is 0 Å². The number of nitrogens with one attached hydrogen (secondary N) is 4. The van der Waals surface area contributed by atoms with Crippen LogP contribution in [0.4, 0.5) is 0 Å². The molecule has 12 heteroatoms. The Bertz CT molecular complexity index is 1110. The summed E-state index contributed by atoms with van der Waals surface area (Å²) in [5.74, 6) is -4.17. The summed E-state index contributed by atoms with van der Waals surface area (Å²) >= 11 is 0. The molecular weight excluding hydrogens is 468 g/mol. The summed E-state index contributed by atoms with van der Waals surface area (Å²) in [5, 5.41) is 17.4. The van der Waals surface area contributed by atoms with Gasteiger partial charge in [-0.2, -0.15) is 0 Å². The molecule has 4 amide bonds. The molecule has 0 radical (unpaired) electrons. The Balaban J connectivity index is 2.18. The lowest BCUT2D eigenvalue weighted by molar-refractivity contribution is -0.143. The van der Waals surface area contributed by atoms with Gasteiger partial charge in [-0.1, -0.05) is 32.0 Å². The third-order valence-electron chi connectivity index (χ3n) is 5.57. The van der Waals surface area contributed by atoms with Crippen molar-refractivity contribution in [3.05, 3.63) is 36.0 Å². The van der Waals surface area contributed by atoms with Gasteiger partial charge in [-0.15, -0.1) is 0 Å². The molecule has 0 bridgehead atoms. The van der Waals surface area contributed by atoms with Crippen molar-refractivity contribution in [2.45, 2.75) is 64.2 Å². The Morgan fingerprint density at radius 3 is 2.19 bits per heavy atom. The molecule has 2 aromatic rings. The molecule has 0 saturated carbocycles. The number of fused-ring (bicyclic) bond motifs is 1. The van der Waals surface area contributed by atoms with Crippen LogP contribution in [0.3, 0.4) is 0 Å². The predicted molar refractivity (Wildman–Crippen MR) is 132 cm³/mol. The molecule has 0 aliphatic carbocycles. The Kier molecular flexibility index (Phi) is 9.97. The fourth-order valence-electron chi connectivity index (χ4n) is 3.70. The molecule has 0 spiro atoms. The number of carboxylic acids is 1. The number of aromatic nitrogens is 1. The van der Waals surface area contributed by atoms with Gasteiger partial charge in [-0.05, 0) is 30.9 Å². The van der Waals surface area contributed by atoms with Crippen LogP contribution < -0.4 is 27.4 Å². The minimum absolute atomic E-state index is 0.115. The van der Waals surface area contributed by atoms with Gasteiger partial charge in [0.25, 0.3) is 0 Å². The van der Waals surface area contributed by atoms with E-state index in [0.29, 0.717) is 6.42 Å². The van der Waals surface area contributed by atoms with E-state index in [1.165, 1.54) is 6.92 Å². The van der Waals surface area contributed by atoms with Crippen molar-refractivity contribution in [1.29, 1.82) is 0 Å². The summed E-state index contributed by atoms with van der Waals surface area (Å²) in [5.41, 5.74) is 12.7. The maximum Gasteiger partial charge on any atom is 0.326 e. The van der Waals surface area contributed by atoms with E-state index >= 15 is 0 Å². The number of aromatic amines is 1. The molecule has 36 heavy (non-hydrogen) atoms. The molecule has 1 heterocycles. The maximum absolute atomic E-state index is 13.2. The van der Waals surface area contributed by atoms with Crippen molar-refractivity contribution in [3.8, 4) is 0 Å². The number of primary amides is 1. The highest BCUT2D eigenvalue weighted by Gasteiger charge is 2.29. The largest absolute Gasteiger partial charge is 0.480 e. The van der Waals surface area contributed by atoms with Gasteiger partial charge in [0.1, 0.15) is 18.1 Å². The highest BCUT2D eigenvalue weighted by atomic mass is 16.4. The molecule has 12 nitrogen and oxygen atoms in total. The van der Waals surface area contributed by atoms with Gasteiger partial charge in [-0.25, -0.2) is 4.79 Å². The highest BCUT2D eigenvalue weighted by Crippen LogP contribution is 2.19. The summed E-state index contributed by atoms with van der Waals surface area (Å²) in [6.07, 6.45) is 1.67. The summed E-state index contributed by atoms with van der Waals surface area (Å²) in [7, 11) is 0. The summed E-state index contributed by atoms with van der Waals surface area (Å²) in [4.78, 5) is 63.9. The van der Waals surface area contributed by atoms with Crippen molar-refractivity contribution in [2.24, 2.45) is 17.4 Å². The molecule has 0 saturated heterocycles. The smallest absolute Gasteiger partial charge is 0.326 e. The Morgan fingerprint density at radius 1 is 0.944 bits per heavy atom. The number of carbonyl (C=O) groups excluding carboxylic acids is 4. The number of hydrogen-bond donors (Lipinski definition) is 7. The number of para-hydroxylation sites is 1. The first kappa shape index (κ1) is 28.3. The van der Waals surface area contributed by atoms with Gasteiger partial charge in [0.15, 0.2) is 0 Å². The number of nitrogens with two attached hydrogens (primary N) is 2. The van der Waals surface area contributed by atoms with Crippen molar-refractivity contribution in [1.82, 2.24) is 20.9 Å². The zero-order valence-electron chi connectivity index (χ0n) is 20.5. The summed E-state index contributed by atoms with van der Waals surface area (Å²) < 4.78 is 0. The second-order valence-corrected chi connectivity index (χ2v) is 9.16. The first-order valence-corrected chi connectivity index (χ1v) is 11.6. The van der Waals surface area contributed by atoms with Gasteiger partial charge < -0.3 is 37.5 Å². The monoisotopic (exact) mass is 502 g/mol. The van der Waals surface area contributed by atoms with Crippen molar-refractivity contribution < 1.29 is 29.1 Å². The van der Waals surface area contributed by atoms with Gasteiger partial charge in [0, 0.05) is 23.5 Å².